The normalized spacial score (nSPS) is 21.1. The summed E-state index contributed by atoms with van der Waals surface area (Å²) >= 11 is 1.80. The minimum absolute atomic E-state index is 0.164. The number of hydrogen-bond donors (Lipinski definition) is 1. The molecular formula is C13H17FN2S. The zero-order valence-corrected chi connectivity index (χ0v) is 10.9. The molecule has 0 amide bonds. The lowest BCUT2D eigenvalue weighted by Crippen LogP contribution is -2.23. The van der Waals surface area contributed by atoms with Crippen molar-refractivity contribution in [3.8, 4) is 0 Å². The van der Waals surface area contributed by atoms with Crippen molar-refractivity contribution in [3.05, 3.63) is 35.6 Å². The van der Waals surface area contributed by atoms with Gasteiger partial charge in [0.05, 0.1) is 12.6 Å². The average Bonchev–Trinajstić information content (AvgIpc) is 2.77. The van der Waals surface area contributed by atoms with Crippen LogP contribution in [0.3, 0.4) is 0 Å². The van der Waals surface area contributed by atoms with Gasteiger partial charge in [-0.3, -0.25) is 4.99 Å². The Balaban J connectivity index is 1.93. The number of thioether (sulfide) groups is 1. The predicted octanol–water partition coefficient (Wildman–Crippen LogP) is 3.36. The monoisotopic (exact) mass is 252 g/mol. The van der Waals surface area contributed by atoms with Crippen LogP contribution in [0.4, 0.5) is 4.39 Å². The van der Waals surface area contributed by atoms with Gasteiger partial charge in [-0.15, -0.1) is 0 Å². The fourth-order valence-electron chi connectivity index (χ4n) is 1.73. The molecule has 0 spiro atoms. The van der Waals surface area contributed by atoms with Gasteiger partial charge in [0, 0.05) is 5.25 Å². The molecule has 2 unspecified atom stereocenters. The van der Waals surface area contributed by atoms with Crippen LogP contribution in [-0.2, 0) is 0 Å². The summed E-state index contributed by atoms with van der Waals surface area (Å²) < 4.78 is 12.8. The van der Waals surface area contributed by atoms with Gasteiger partial charge in [-0.1, -0.05) is 30.8 Å². The molecule has 0 aliphatic carbocycles. The van der Waals surface area contributed by atoms with Crippen LogP contribution in [0, 0.1) is 5.82 Å². The van der Waals surface area contributed by atoms with Crippen molar-refractivity contribution in [1.82, 2.24) is 5.32 Å². The number of hydrogen-bond acceptors (Lipinski definition) is 3. The van der Waals surface area contributed by atoms with Gasteiger partial charge in [-0.05, 0) is 31.0 Å². The molecule has 1 aromatic carbocycles. The minimum Gasteiger partial charge on any atom is -0.358 e. The standard InChI is InChI=1S/C13H17FN2S/c1-3-12-8-15-13(17-12)16-9(2)10-4-6-11(14)7-5-10/h4-7,9,12H,3,8H2,1-2H3,(H,15,16). The van der Waals surface area contributed by atoms with Gasteiger partial charge in [0.1, 0.15) is 5.82 Å². The van der Waals surface area contributed by atoms with Crippen LogP contribution in [0.5, 0.6) is 0 Å². The summed E-state index contributed by atoms with van der Waals surface area (Å²) in [5, 5.41) is 4.99. The smallest absolute Gasteiger partial charge is 0.157 e. The Morgan fingerprint density at radius 2 is 2.18 bits per heavy atom. The number of amidine groups is 1. The number of benzene rings is 1. The zero-order valence-electron chi connectivity index (χ0n) is 10.1. The summed E-state index contributed by atoms with van der Waals surface area (Å²) in [5.74, 6) is -0.195. The average molecular weight is 252 g/mol. The van der Waals surface area contributed by atoms with Crippen molar-refractivity contribution in [2.45, 2.75) is 31.6 Å². The number of nitrogens with one attached hydrogen (secondary N) is 1. The highest BCUT2D eigenvalue weighted by Crippen LogP contribution is 2.24. The SMILES string of the molecule is CCC1CN=C(NC(C)c2ccc(F)cc2)S1. The van der Waals surface area contributed by atoms with Gasteiger partial charge in [0.15, 0.2) is 5.17 Å². The Bertz CT molecular complexity index is 402. The van der Waals surface area contributed by atoms with Gasteiger partial charge in [0.25, 0.3) is 0 Å². The van der Waals surface area contributed by atoms with E-state index in [0.717, 1.165) is 23.7 Å². The highest BCUT2D eigenvalue weighted by molar-refractivity contribution is 8.14. The van der Waals surface area contributed by atoms with Crippen molar-refractivity contribution in [3.63, 3.8) is 0 Å². The maximum Gasteiger partial charge on any atom is 0.157 e. The van der Waals surface area contributed by atoms with Gasteiger partial charge in [-0.25, -0.2) is 4.39 Å². The van der Waals surface area contributed by atoms with E-state index in [1.165, 1.54) is 12.1 Å². The lowest BCUT2D eigenvalue weighted by Gasteiger charge is -2.15. The summed E-state index contributed by atoms with van der Waals surface area (Å²) in [4.78, 5) is 4.47. The fourth-order valence-corrected chi connectivity index (χ4v) is 2.75. The van der Waals surface area contributed by atoms with Gasteiger partial charge in [0.2, 0.25) is 0 Å². The van der Waals surface area contributed by atoms with Crippen molar-refractivity contribution in [2.24, 2.45) is 4.99 Å². The van der Waals surface area contributed by atoms with Gasteiger partial charge in [-0.2, -0.15) is 0 Å². The maximum atomic E-state index is 12.8. The molecule has 1 aromatic rings. The first-order chi connectivity index (χ1) is 8.19. The second-order valence-corrected chi connectivity index (χ2v) is 5.50. The van der Waals surface area contributed by atoms with Gasteiger partial charge < -0.3 is 5.32 Å². The van der Waals surface area contributed by atoms with Crippen LogP contribution in [-0.4, -0.2) is 17.0 Å². The highest BCUT2D eigenvalue weighted by atomic mass is 32.2. The fraction of sp³-hybridized carbons (Fsp3) is 0.462. The van der Waals surface area contributed by atoms with E-state index < -0.39 is 0 Å². The highest BCUT2D eigenvalue weighted by Gasteiger charge is 2.19. The van der Waals surface area contributed by atoms with Crippen LogP contribution in [0.25, 0.3) is 0 Å². The summed E-state index contributed by atoms with van der Waals surface area (Å²) in [6, 6.07) is 6.77. The van der Waals surface area contributed by atoms with Gasteiger partial charge >= 0.3 is 0 Å². The van der Waals surface area contributed by atoms with E-state index in [9.17, 15) is 4.39 Å². The Kier molecular flexibility index (Phi) is 4.05. The zero-order chi connectivity index (χ0) is 12.3. The lowest BCUT2D eigenvalue weighted by molar-refractivity contribution is 0.624. The van der Waals surface area contributed by atoms with Crippen molar-refractivity contribution >= 4 is 16.9 Å². The lowest BCUT2D eigenvalue weighted by atomic mass is 10.1. The molecule has 17 heavy (non-hydrogen) atoms. The molecule has 1 N–H and O–H groups in total. The molecule has 2 nitrogen and oxygen atoms in total. The van der Waals surface area contributed by atoms with Crippen LogP contribution >= 0.6 is 11.8 Å². The number of aliphatic imine (C=N–C) groups is 1. The molecule has 0 aromatic heterocycles. The minimum atomic E-state index is -0.195. The number of nitrogens with zero attached hydrogens (tertiary/aromatic N) is 1. The molecule has 0 bridgehead atoms. The molecule has 0 fully saturated rings. The van der Waals surface area contributed by atoms with E-state index in [2.05, 4.69) is 24.2 Å². The van der Waals surface area contributed by atoms with E-state index in [-0.39, 0.29) is 11.9 Å². The molecule has 2 atom stereocenters. The summed E-state index contributed by atoms with van der Waals surface area (Å²) in [6.45, 7) is 5.15. The topological polar surface area (TPSA) is 24.4 Å². The Morgan fingerprint density at radius 1 is 1.47 bits per heavy atom. The first kappa shape index (κ1) is 12.4. The number of halogens is 1. The molecule has 0 saturated carbocycles. The van der Waals surface area contributed by atoms with Crippen molar-refractivity contribution in [1.29, 1.82) is 0 Å². The molecule has 1 aliphatic rings. The first-order valence-electron chi connectivity index (χ1n) is 5.92. The van der Waals surface area contributed by atoms with Crippen LogP contribution < -0.4 is 5.32 Å². The molecule has 1 aliphatic heterocycles. The maximum absolute atomic E-state index is 12.8. The molecule has 0 radical (unpaired) electrons. The summed E-state index contributed by atoms with van der Waals surface area (Å²) in [6.07, 6.45) is 1.14. The Morgan fingerprint density at radius 3 is 2.76 bits per heavy atom. The summed E-state index contributed by atoms with van der Waals surface area (Å²) in [5.41, 5.74) is 1.08. The van der Waals surface area contributed by atoms with Crippen LogP contribution in [0.1, 0.15) is 31.9 Å². The van der Waals surface area contributed by atoms with E-state index in [4.69, 9.17) is 0 Å². The summed E-state index contributed by atoms with van der Waals surface area (Å²) in [7, 11) is 0. The molecule has 2 rings (SSSR count). The van der Waals surface area contributed by atoms with Crippen LogP contribution in [0.15, 0.2) is 29.3 Å². The number of rotatable bonds is 3. The largest absolute Gasteiger partial charge is 0.358 e. The van der Waals surface area contributed by atoms with E-state index >= 15 is 0 Å². The van der Waals surface area contributed by atoms with Crippen molar-refractivity contribution < 1.29 is 4.39 Å². The van der Waals surface area contributed by atoms with E-state index in [1.54, 1.807) is 11.8 Å². The third kappa shape index (κ3) is 3.22. The second-order valence-electron chi connectivity index (χ2n) is 4.21. The molecular weight excluding hydrogens is 235 g/mol. The Hall–Kier alpha value is -1.03. The third-order valence-electron chi connectivity index (χ3n) is 2.88. The molecule has 1 heterocycles. The van der Waals surface area contributed by atoms with Crippen LogP contribution in [0.2, 0.25) is 0 Å². The quantitative estimate of drug-likeness (QED) is 0.892. The Labute approximate surface area is 106 Å². The predicted molar refractivity (Wildman–Crippen MR) is 71.9 cm³/mol. The van der Waals surface area contributed by atoms with E-state index in [0.29, 0.717) is 5.25 Å². The third-order valence-corrected chi connectivity index (χ3v) is 4.17. The first-order valence-corrected chi connectivity index (χ1v) is 6.80. The molecule has 92 valence electrons. The van der Waals surface area contributed by atoms with Crippen molar-refractivity contribution in [2.75, 3.05) is 6.54 Å². The molecule has 0 saturated heterocycles. The second kappa shape index (κ2) is 5.54. The van der Waals surface area contributed by atoms with E-state index in [1.807, 2.05) is 12.1 Å². The molecule has 4 heteroatoms.